The van der Waals surface area contributed by atoms with Crippen LogP contribution in [0.4, 0.5) is 16.3 Å². The molecule has 0 radical (unpaired) electrons. The molecule has 0 fully saturated rings. The van der Waals surface area contributed by atoms with Crippen LogP contribution in [0, 0.1) is 11.8 Å². The summed E-state index contributed by atoms with van der Waals surface area (Å²) in [6.07, 6.45) is 5.57. The maximum atomic E-state index is 14.0. The number of aromatic nitrogens is 4. The Morgan fingerprint density at radius 3 is 2.15 bits per heavy atom. The van der Waals surface area contributed by atoms with Gasteiger partial charge in [0.15, 0.2) is 11.5 Å². The van der Waals surface area contributed by atoms with Crippen LogP contribution in [0.25, 0.3) is 11.2 Å². The fraction of sp³-hybridized carbons (Fsp3) is 0.554. The van der Waals surface area contributed by atoms with Gasteiger partial charge in [-0.05, 0) is 73.4 Å². The van der Waals surface area contributed by atoms with E-state index >= 15 is 0 Å². The number of nitrogens with one attached hydrogen (secondary N) is 4. The summed E-state index contributed by atoms with van der Waals surface area (Å²) in [7, 11) is 1.50. The van der Waals surface area contributed by atoms with Gasteiger partial charge in [0.05, 0.1) is 79.1 Å². The molecule has 4 atom stereocenters. The molecule has 9 N–H and O–H groups in total. The van der Waals surface area contributed by atoms with Crippen molar-refractivity contribution in [1.82, 2.24) is 40.0 Å². The van der Waals surface area contributed by atoms with Crippen molar-refractivity contribution in [2.75, 3.05) is 84.1 Å². The number of aromatic amines is 1. The van der Waals surface area contributed by atoms with E-state index in [1.807, 2.05) is 26.8 Å². The highest BCUT2D eigenvalue weighted by atomic mass is 16.6. The number of unbranched alkanes of at least 4 members (excludes halogenated alkanes) is 2. The summed E-state index contributed by atoms with van der Waals surface area (Å²) >= 11 is 0. The number of aliphatic hydroxyl groups is 1. The van der Waals surface area contributed by atoms with Gasteiger partial charge in [-0.25, -0.2) is 9.59 Å². The van der Waals surface area contributed by atoms with Gasteiger partial charge in [0, 0.05) is 36.4 Å². The number of benzene rings is 2. The minimum atomic E-state index is -0.956. The molecule has 0 aliphatic carbocycles. The van der Waals surface area contributed by atoms with Gasteiger partial charge in [0.1, 0.15) is 30.0 Å². The monoisotopic (exact) mass is 1130 g/mol. The van der Waals surface area contributed by atoms with Crippen LogP contribution in [0.3, 0.4) is 0 Å². The average molecular weight is 1130 g/mol. The van der Waals surface area contributed by atoms with Gasteiger partial charge in [-0.3, -0.25) is 38.3 Å². The smallest absolute Gasteiger partial charge is 0.410 e. The van der Waals surface area contributed by atoms with Crippen molar-refractivity contribution in [1.29, 1.82) is 0 Å². The van der Waals surface area contributed by atoms with E-state index in [9.17, 15) is 38.7 Å². The van der Waals surface area contributed by atoms with Crippen molar-refractivity contribution < 1.29 is 62.3 Å². The van der Waals surface area contributed by atoms with Crippen molar-refractivity contribution in [3.63, 3.8) is 0 Å². The molecular weight excluding hydrogens is 1050 g/mol. The maximum Gasteiger partial charge on any atom is 0.410 e. The molecule has 1 aliphatic heterocycles. The Morgan fingerprint density at radius 1 is 0.827 bits per heavy atom. The summed E-state index contributed by atoms with van der Waals surface area (Å²) in [6, 6.07) is 9.62. The number of hydrogen-bond acceptors (Lipinski definition) is 18. The molecule has 0 saturated carbocycles. The summed E-state index contributed by atoms with van der Waals surface area (Å²) in [6.45, 7) is 11.4. The molecule has 1 unspecified atom stereocenters. The molecule has 1 aliphatic rings. The van der Waals surface area contributed by atoms with Crippen LogP contribution in [0.1, 0.15) is 96.3 Å². The van der Waals surface area contributed by atoms with E-state index in [0.717, 1.165) is 17.7 Å². The third kappa shape index (κ3) is 19.7. The number of nitrogen functional groups attached to an aromatic ring is 1. The fourth-order valence-corrected chi connectivity index (χ4v) is 8.57. The second kappa shape index (κ2) is 33.3. The lowest BCUT2D eigenvalue weighted by atomic mass is 9.98. The number of nitrogens with two attached hydrogens (primary N) is 2. The number of carbonyl (C=O) groups is 6. The van der Waals surface area contributed by atoms with Crippen molar-refractivity contribution in [3.8, 4) is 11.8 Å². The Morgan fingerprint density at radius 2 is 1.51 bits per heavy atom. The number of fused-ring (bicyclic) bond motifs is 1. The molecular formula is C56H81N11O14. The van der Waals surface area contributed by atoms with E-state index in [2.05, 4.69) is 30.9 Å². The highest BCUT2D eigenvalue weighted by Crippen LogP contribution is 2.27. The first kappa shape index (κ1) is 64.4. The molecule has 2 aromatic heterocycles. The number of imidazole rings is 1. The lowest BCUT2D eigenvalue weighted by molar-refractivity contribution is -0.137. The van der Waals surface area contributed by atoms with E-state index in [1.165, 1.54) is 28.7 Å². The van der Waals surface area contributed by atoms with Gasteiger partial charge in [-0.1, -0.05) is 71.7 Å². The van der Waals surface area contributed by atoms with Gasteiger partial charge in [-0.15, -0.1) is 0 Å². The third-order valence-electron chi connectivity index (χ3n) is 13.5. The van der Waals surface area contributed by atoms with Crippen LogP contribution in [-0.4, -0.2) is 161 Å². The van der Waals surface area contributed by atoms with Crippen LogP contribution in [0.15, 0.2) is 59.4 Å². The summed E-state index contributed by atoms with van der Waals surface area (Å²) in [5, 5.41) is 19.1. The normalized spacial score (nSPS) is 13.8. The highest BCUT2D eigenvalue weighted by molar-refractivity contribution is 6.12. The second-order valence-electron chi connectivity index (χ2n) is 19.8. The predicted octanol–water partition coefficient (Wildman–Crippen LogP) is 3.54. The van der Waals surface area contributed by atoms with Crippen molar-refractivity contribution in [2.24, 2.45) is 17.6 Å². The number of rotatable bonds is 37. The number of anilines is 2. The number of imide groups is 1. The predicted molar refractivity (Wildman–Crippen MR) is 301 cm³/mol. The average Bonchev–Trinajstić information content (AvgIpc) is 4.14. The summed E-state index contributed by atoms with van der Waals surface area (Å²) < 4.78 is 35.2. The van der Waals surface area contributed by atoms with Crippen molar-refractivity contribution >= 4 is 58.3 Å². The SMILES string of the molecule is CCCCOc1nc(N)c2[nH]c(=O)n(Cc3ccc(CN(C(=O)OCc4ccc(NC(=O)[C@H](CCCCN)NC(=O)[C@@H](NC(=O)CCOCCOCCOCCN5C(=O)C=CC5=O)C(C)C)cc4)C(CO)[C@@H](C)CC)cc3OC)c2n1. The molecule has 0 saturated heterocycles. The Bertz CT molecular complexity index is 2770. The Kier molecular flexibility index (Phi) is 26.5. The molecule has 5 rings (SSSR count). The minimum absolute atomic E-state index is 0.0206. The molecule has 0 spiro atoms. The molecule has 4 aromatic rings. The number of hydrogen-bond donors (Lipinski definition) is 7. The molecule has 81 heavy (non-hydrogen) atoms. The lowest BCUT2D eigenvalue weighted by Crippen LogP contribution is -2.54. The van der Waals surface area contributed by atoms with E-state index < -0.39 is 47.6 Å². The lowest BCUT2D eigenvalue weighted by Gasteiger charge is -2.33. The van der Waals surface area contributed by atoms with Crippen molar-refractivity contribution in [3.05, 3.63) is 81.8 Å². The Hall–Kier alpha value is -7.45. The zero-order chi connectivity index (χ0) is 58.8. The van der Waals surface area contributed by atoms with Gasteiger partial charge in [-0.2, -0.15) is 9.97 Å². The summed E-state index contributed by atoms with van der Waals surface area (Å²) in [5.74, 6) is -2.05. The number of amides is 6. The third-order valence-corrected chi connectivity index (χ3v) is 13.5. The first-order valence-electron chi connectivity index (χ1n) is 27.6. The van der Waals surface area contributed by atoms with E-state index in [4.69, 9.17) is 39.9 Å². The van der Waals surface area contributed by atoms with Crippen LogP contribution in [0.2, 0.25) is 0 Å². The topological polar surface area (TPSA) is 336 Å². The van der Waals surface area contributed by atoms with Crippen LogP contribution in [-0.2, 0) is 62.6 Å². The van der Waals surface area contributed by atoms with Crippen LogP contribution >= 0.6 is 0 Å². The molecule has 444 valence electrons. The number of H-pyrrole nitrogens is 1. The zero-order valence-corrected chi connectivity index (χ0v) is 47.4. The first-order valence-corrected chi connectivity index (χ1v) is 27.6. The van der Waals surface area contributed by atoms with Gasteiger partial charge >= 0.3 is 17.8 Å². The fourth-order valence-electron chi connectivity index (χ4n) is 8.57. The quantitative estimate of drug-likeness (QED) is 0.0251. The standard InChI is InChI=1S/C56H81N11O14/c1-7-9-24-80-54-63-50(58)49-51(64-54)67(55(74)62-49)33-40-16-13-39(31-44(40)76-6)32-66(43(34-68)37(5)8-2)56(75)81-35-38-14-17-41(18-15-38)59-52(72)42(12-10-11-22-57)60-53(73)48(36(3)4)61-45(69)21-25-77-27-29-79-30-28-78-26-23-65-46(70)19-20-47(65)71/h13-20,31,36-37,42-43,48,68H,7-12,21-30,32-35,57H2,1-6H3,(H,59,72)(H,60,73)(H,61,69)(H,62,74)(H2,58,63,64)/t37-,42-,43?,48-/m0/s1. The van der Waals surface area contributed by atoms with Crippen LogP contribution < -0.4 is 42.6 Å². The van der Waals surface area contributed by atoms with Gasteiger partial charge in [0.2, 0.25) is 17.7 Å². The molecule has 6 amide bonds. The molecule has 0 bridgehead atoms. The molecule has 3 heterocycles. The Balaban J connectivity index is 1.13. The summed E-state index contributed by atoms with van der Waals surface area (Å²) in [5.41, 5.74) is 14.4. The Labute approximate surface area is 471 Å². The van der Waals surface area contributed by atoms with Gasteiger partial charge in [0.25, 0.3) is 11.8 Å². The number of ether oxygens (including phenoxy) is 6. The van der Waals surface area contributed by atoms with E-state index in [-0.39, 0.29) is 132 Å². The summed E-state index contributed by atoms with van der Waals surface area (Å²) in [4.78, 5) is 105. The maximum absolute atomic E-state index is 14.0. The van der Waals surface area contributed by atoms with Crippen molar-refractivity contribution in [2.45, 2.75) is 117 Å². The molecule has 25 heteroatoms. The first-order chi connectivity index (χ1) is 39.0. The molecule has 25 nitrogen and oxygen atoms in total. The largest absolute Gasteiger partial charge is 0.496 e. The zero-order valence-electron chi connectivity index (χ0n) is 47.4. The number of nitrogens with zero attached hydrogens (tertiary/aromatic N) is 5. The van der Waals surface area contributed by atoms with Gasteiger partial charge < -0.3 is 65.9 Å². The number of aliphatic hydroxyl groups excluding tert-OH is 1. The minimum Gasteiger partial charge on any atom is -0.496 e. The van der Waals surface area contributed by atoms with E-state index in [1.54, 1.807) is 50.2 Å². The number of methoxy groups -OCH3 is 1. The second-order valence-corrected chi connectivity index (χ2v) is 19.8. The van der Waals surface area contributed by atoms with Crippen LogP contribution in [0.5, 0.6) is 11.8 Å². The number of carbonyl (C=O) groups excluding carboxylic acids is 6. The highest BCUT2D eigenvalue weighted by Gasteiger charge is 2.31. The van der Waals surface area contributed by atoms with E-state index in [0.29, 0.717) is 60.5 Å². The molecule has 2 aromatic carbocycles.